The van der Waals surface area contributed by atoms with Crippen LogP contribution in [0, 0.1) is 0 Å². The van der Waals surface area contributed by atoms with Gasteiger partial charge in [-0.15, -0.1) is 0 Å². The van der Waals surface area contributed by atoms with Crippen molar-refractivity contribution in [1.82, 2.24) is 14.8 Å². The summed E-state index contributed by atoms with van der Waals surface area (Å²) in [5.74, 6) is 0.851. The Morgan fingerprint density at radius 2 is 2.00 bits per heavy atom. The molecule has 0 atom stereocenters. The summed E-state index contributed by atoms with van der Waals surface area (Å²) in [5.41, 5.74) is 1.98. The van der Waals surface area contributed by atoms with Gasteiger partial charge in [0.25, 0.3) is 0 Å². The highest BCUT2D eigenvalue weighted by Crippen LogP contribution is 2.27. The van der Waals surface area contributed by atoms with Crippen molar-refractivity contribution in [2.24, 2.45) is 0 Å². The topological polar surface area (TPSA) is 55.9 Å². The Bertz CT molecular complexity index is 672. The van der Waals surface area contributed by atoms with Gasteiger partial charge in [0.1, 0.15) is 18.4 Å². The van der Waals surface area contributed by atoms with Crippen molar-refractivity contribution in [3.05, 3.63) is 57.9 Å². The van der Waals surface area contributed by atoms with Crippen molar-refractivity contribution in [2.75, 3.05) is 5.32 Å². The molecule has 0 saturated heterocycles. The van der Waals surface area contributed by atoms with Crippen molar-refractivity contribution < 1.29 is 4.42 Å². The van der Waals surface area contributed by atoms with E-state index in [-0.39, 0.29) is 0 Å². The molecular formula is C13H10Br2N4O. The van der Waals surface area contributed by atoms with Gasteiger partial charge in [0.05, 0.1) is 16.7 Å². The fourth-order valence-electron chi connectivity index (χ4n) is 1.74. The second-order valence-electron chi connectivity index (χ2n) is 4.07. The number of benzene rings is 1. The number of anilines is 1. The summed E-state index contributed by atoms with van der Waals surface area (Å²) in [5, 5.41) is 7.38. The summed E-state index contributed by atoms with van der Waals surface area (Å²) in [7, 11) is 0. The predicted octanol–water partition coefficient (Wildman–Crippen LogP) is 4.00. The van der Waals surface area contributed by atoms with E-state index < -0.39 is 0 Å². The van der Waals surface area contributed by atoms with Crippen LogP contribution in [0.15, 0.2) is 56.5 Å². The van der Waals surface area contributed by atoms with Gasteiger partial charge < -0.3 is 9.73 Å². The third kappa shape index (κ3) is 2.94. The first kappa shape index (κ1) is 13.4. The minimum Gasteiger partial charge on any atom is -0.451 e. The quantitative estimate of drug-likeness (QED) is 0.722. The summed E-state index contributed by atoms with van der Waals surface area (Å²) >= 11 is 6.71. The van der Waals surface area contributed by atoms with E-state index >= 15 is 0 Å². The minimum atomic E-state index is 0.618. The Kier molecular flexibility index (Phi) is 3.88. The molecular weight excluding hydrogens is 388 g/mol. The molecule has 3 aromatic rings. The van der Waals surface area contributed by atoms with Gasteiger partial charge in [0.2, 0.25) is 0 Å². The number of nitrogens with zero attached hydrogens (tertiary/aromatic N) is 3. The van der Waals surface area contributed by atoms with Gasteiger partial charge >= 0.3 is 0 Å². The lowest BCUT2D eigenvalue weighted by Crippen LogP contribution is -1.99. The van der Waals surface area contributed by atoms with E-state index in [1.54, 1.807) is 11.0 Å². The molecule has 5 nitrogen and oxygen atoms in total. The van der Waals surface area contributed by atoms with Crippen LogP contribution in [0.1, 0.15) is 5.76 Å². The Hall–Kier alpha value is -1.60. The summed E-state index contributed by atoms with van der Waals surface area (Å²) in [6.07, 6.45) is 3.18. The van der Waals surface area contributed by atoms with Crippen LogP contribution in [0.4, 0.5) is 5.69 Å². The number of hydrogen-bond donors (Lipinski definition) is 1. The largest absolute Gasteiger partial charge is 0.451 e. The SMILES string of the molecule is Brc1cc(CNc2ccc(-n3cncn3)cc2)oc1Br. The molecule has 1 aromatic carbocycles. The van der Waals surface area contributed by atoms with Gasteiger partial charge in [-0.1, -0.05) is 0 Å². The van der Waals surface area contributed by atoms with Crippen molar-refractivity contribution in [1.29, 1.82) is 0 Å². The molecule has 0 radical (unpaired) electrons. The van der Waals surface area contributed by atoms with Gasteiger partial charge in [0, 0.05) is 5.69 Å². The van der Waals surface area contributed by atoms with Gasteiger partial charge in [-0.25, -0.2) is 9.67 Å². The van der Waals surface area contributed by atoms with Crippen molar-refractivity contribution in [3.63, 3.8) is 0 Å². The molecule has 2 aromatic heterocycles. The van der Waals surface area contributed by atoms with Crippen molar-refractivity contribution in [2.45, 2.75) is 6.54 Å². The average Bonchev–Trinajstić information content (AvgIpc) is 3.08. The van der Waals surface area contributed by atoms with Gasteiger partial charge in [-0.2, -0.15) is 5.10 Å². The molecule has 0 aliphatic carbocycles. The summed E-state index contributed by atoms with van der Waals surface area (Å²) < 4.78 is 8.83. The molecule has 0 amide bonds. The Morgan fingerprint density at radius 1 is 1.20 bits per heavy atom. The minimum absolute atomic E-state index is 0.618. The number of aromatic nitrogens is 3. The summed E-state index contributed by atoms with van der Waals surface area (Å²) in [4.78, 5) is 3.92. The molecule has 2 heterocycles. The van der Waals surface area contributed by atoms with Crippen LogP contribution in [-0.2, 0) is 6.54 Å². The second kappa shape index (κ2) is 5.80. The third-order valence-electron chi connectivity index (χ3n) is 2.71. The fraction of sp³-hybridized carbons (Fsp3) is 0.0769. The Balaban J connectivity index is 1.66. The highest BCUT2D eigenvalue weighted by Gasteiger charge is 2.05. The second-order valence-corrected chi connectivity index (χ2v) is 5.65. The molecule has 20 heavy (non-hydrogen) atoms. The standard InChI is InChI=1S/C13H10Br2N4O/c14-12-5-11(20-13(12)15)6-17-9-1-3-10(4-2-9)19-8-16-7-18-19/h1-5,7-8,17H,6H2. The smallest absolute Gasteiger partial charge is 0.183 e. The molecule has 0 bridgehead atoms. The molecule has 0 unspecified atom stereocenters. The van der Waals surface area contributed by atoms with Crippen LogP contribution in [0.5, 0.6) is 0 Å². The first-order chi connectivity index (χ1) is 9.72. The molecule has 1 N–H and O–H groups in total. The lowest BCUT2D eigenvalue weighted by molar-refractivity contribution is 0.494. The maximum atomic E-state index is 5.50. The van der Waals surface area contributed by atoms with Crippen LogP contribution in [0.25, 0.3) is 5.69 Å². The van der Waals surface area contributed by atoms with Crippen molar-refractivity contribution >= 4 is 37.5 Å². The maximum Gasteiger partial charge on any atom is 0.183 e. The van der Waals surface area contributed by atoms with E-state index in [1.165, 1.54) is 6.33 Å². The molecule has 0 fully saturated rings. The normalized spacial score (nSPS) is 10.7. The Morgan fingerprint density at radius 3 is 2.60 bits per heavy atom. The highest BCUT2D eigenvalue weighted by atomic mass is 79.9. The van der Waals surface area contributed by atoms with E-state index in [4.69, 9.17) is 4.42 Å². The third-order valence-corrected chi connectivity index (χ3v) is 4.42. The molecule has 3 rings (SSSR count). The lowest BCUT2D eigenvalue weighted by atomic mass is 10.3. The molecule has 7 heteroatoms. The van der Waals surface area contributed by atoms with Crippen LogP contribution in [0.2, 0.25) is 0 Å². The van der Waals surface area contributed by atoms with Gasteiger partial charge in [-0.05, 0) is 62.2 Å². The summed E-state index contributed by atoms with van der Waals surface area (Å²) in [6, 6.07) is 9.87. The molecule has 0 saturated carbocycles. The number of nitrogens with one attached hydrogen (secondary N) is 1. The average molecular weight is 398 g/mol. The summed E-state index contributed by atoms with van der Waals surface area (Å²) in [6.45, 7) is 0.618. The van der Waals surface area contributed by atoms with E-state index in [9.17, 15) is 0 Å². The van der Waals surface area contributed by atoms with Crippen LogP contribution in [-0.4, -0.2) is 14.8 Å². The van der Waals surface area contributed by atoms with E-state index in [1.807, 2.05) is 30.3 Å². The first-order valence-corrected chi connectivity index (χ1v) is 7.43. The van der Waals surface area contributed by atoms with Gasteiger partial charge in [-0.3, -0.25) is 0 Å². The Labute approximate surface area is 132 Å². The molecule has 0 aliphatic heterocycles. The zero-order valence-corrected chi connectivity index (χ0v) is 13.4. The lowest BCUT2D eigenvalue weighted by Gasteiger charge is -2.05. The zero-order valence-electron chi connectivity index (χ0n) is 10.3. The molecule has 0 aliphatic rings. The zero-order chi connectivity index (χ0) is 13.9. The number of halogens is 2. The molecule has 102 valence electrons. The highest BCUT2D eigenvalue weighted by molar-refractivity contribution is 9.13. The number of hydrogen-bond acceptors (Lipinski definition) is 4. The van der Waals surface area contributed by atoms with Crippen LogP contribution < -0.4 is 5.32 Å². The van der Waals surface area contributed by atoms with E-state index in [2.05, 4.69) is 47.3 Å². The fourth-order valence-corrected chi connectivity index (χ4v) is 2.40. The first-order valence-electron chi connectivity index (χ1n) is 5.85. The van der Waals surface area contributed by atoms with Crippen molar-refractivity contribution in [3.8, 4) is 5.69 Å². The predicted molar refractivity (Wildman–Crippen MR) is 82.8 cm³/mol. The van der Waals surface area contributed by atoms with Gasteiger partial charge in [0.15, 0.2) is 4.67 Å². The van der Waals surface area contributed by atoms with E-state index in [0.29, 0.717) is 11.2 Å². The van der Waals surface area contributed by atoms with Crippen LogP contribution >= 0.6 is 31.9 Å². The van der Waals surface area contributed by atoms with Crippen LogP contribution in [0.3, 0.4) is 0 Å². The number of furan rings is 1. The van der Waals surface area contributed by atoms with E-state index in [0.717, 1.165) is 21.6 Å². The monoisotopic (exact) mass is 396 g/mol. The molecule has 0 spiro atoms. The maximum absolute atomic E-state index is 5.50. The number of rotatable bonds is 4.